The Morgan fingerprint density at radius 3 is 2.71 bits per heavy atom. The molecule has 0 radical (unpaired) electrons. The average molecular weight is 285 g/mol. The summed E-state index contributed by atoms with van der Waals surface area (Å²) in [6.45, 7) is 5.55. The van der Waals surface area contributed by atoms with Gasteiger partial charge >= 0.3 is 6.09 Å². The van der Waals surface area contributed by atoms with Gasteiger partial charge in [0.05, 0.1) is 11.2 Å². The smallest absolute Gasteiger partial charge is 0.408 e. The minimum absolute atomic E-state index is 0.395. The van der Waals surface area contributed by atoms with Crippen LogP contribution < -0.4 is 5.32 Å². The zero-order valence-corrected chi connectivity index (χ0v) is 12.5. The van der Waals surface area contributed by atoms with Gasteiger partial charge in [0.15, 0.2) is 5.65 Å². The zero-order valence-electron chi connectivity index (χ0n) is 12.5. The lowest BCUT2D eigenvalue weighted by atomic mass is 10.1. The van der Waals surface area contributed by atoms with Gasteiger partial charge in [0.1, 0.15) is 5.60 Å². The van der Waals surface area contributed by atoms with E-state index in [2.05, 4.69) is 15.3 Å². The van der Waals surface area contributed by atoms with Crippen LogP contribution in [0.1, 0.15) is 39.3 Å². The van der Waals surface area contributed by atoms with Crippen molar-refractivity contribution in [2.75, 3.05) is 0 Å². The van der Waals surface area contributed by atoms with Crippen molar-refractivity contribution in [1.82, 2.24) is 15.3 Å². The van der Waals surface area contributed by atoms with Gasteiger partial charge in [-0.3, -0.25) is 0 Å². The molecule has 21 heavy (non-hydrogen) atoms. The Morgan fingerprint density at radius 2 is 2.05 bits per heavy atom. The molecule has 0 saturated heterocycles. The second-order valence-electron chi connectivity index (χ2n) is 6.46. The van der Waals surface area contributed by atoms with Crippen LogP contribution in [0.3, 0.4) is 0 Å². The molecule has 5 nitrogen and oxygen atoms in total. The van der Waals surface area contributed by atoms with Crippen molar-refractivity contribution in [1.29, 1.82) is 0 Å². The van der Waals surface area contributed by atoms with E-state index in [1.54, 1.807) is 6.20 Å². The van der Waals surface area contributed by atoms with Crippen LogP contribution in [0.15, 0.2) is 30.5 Å². The summed E-state index contributed by atoms with van der Waals surface area (Å²) in [5, 5.41) is 3.95. The third-order valence-electron chi connectivity index (χ3n) is 3.44. The lowest BCUT2D eigenvalue weighted by Gasteiger charge is -2.23. The number of hydrogen-bond donors (Lipinski definition) is 1. The molecule has 5 heteroatoms. The van der Waals surface area contributed by atoms with Crippen LogP contribution in [-0.2, 0) is 10.3 Å². The summed E-state index contributed by atoms with van der Waals surface area (Å²) in [7, 11) is 0. The molecule has 1 aliphatic carbocycles. The number of hydrogen-bond acceptors (Lipinski definition) is 4. The summed E-state index contributed by atoms with van der Waals surface area (Å²) >= 11 is 0. The first-order valence-electron chi connectivity index (χ1n) is 7.11. The minimum Gasteiger partial charge on any atom is -0.444 e. The number of nitrogens with zero attached hydrogens (tertiary/aromatic N) is 2. The number of ether oxygens (including phenoxy) is 1. The Bertz CT molecular complexity index is 687. The van der Waals surface area contributed by atoms with Gasteiger partial charge in [-0.25, -0.2) is 14.8 Å². The van der Waals surface area contributed by atoms with Crippen LogP contribution in [-0.4, -0.2) is 21.7 Å². The average Bonchev–Trinajstić information content (AvgIpc) is 3.16. The van der Waals surface area contributed by atoms with Gasteiger partial charge in [0.2, 0.25) is 0 Å². The van der Waals surface area contributed by atoms with Gasteiger partial charge in [-0.1, -0.05) is 0 Å². The fraction of sp³-hybridized carbons (Fsp3) is 0.438. The lowest BCUT2D eigenvalue weighted by molar-refractivity contribution is 0.0494. The predicted molar refractivity (Wildman–Crippen MR) is 79.8 cm³/mol. The highest BCUT2D eigenvalue weighted by Crippen LogP contribution is 2.45. The second kappa shape index (κ2) is 4.69. The van der Waals surface area contributed by atoms with Crippen LogP contribution in [0.2, 0.25) is 0 Å². The van der Waals surface area contributed by atoms with Crippen LogP contribution >= 0.6 is 0 Å². The Balaban J connectivity index is 1.82. The maximum Gasteiger partial charge on any atom is 0.408 e. The summed E-state index contributed by atoms with van der Waals surface area (Å²) in [5.74, 6) is 0. The number of fused-ring (bicyclic) bond motifs is 1. The van der Waals surface area contributed by atoms with E-state index in [1.165, 1.54) is 0 Å². The highest BCUT2D eigenvalue weighted by molar-refractivity contribution is 5.75. The van der Waals surface area contributed by atoms with Gasteiger partial charge in [0, 0.05) is 11.6 Å². The van der Waals surface area contributed by atoms with Crippen molar-refractivity contribution < 1.29 is 9.53 Å². The maximum absolute atomic E-state index is 12.0. The van der Waals surface area contributed by atoms with E-state index in [4.69, 9.17) is 4.74 Å². The molecular formula is C16H19N3O2. The molecule has 1 aliphatic rings. The largest absolute Gasteiger partial charge is 0.444 e. The Morgan fingerprint density at radius 1 is 1.29 bits per heavy atom. The molecule has 1 saturated carbocycles. The Labute approximate surface area is 123 Å². The normalized spacial score (nSPS) is 16.5. The summed E-state index contributed by atoms with van der Waals surface area (Å²) < 4.78 is 5.33. The van der Waals surface area contributed by atoms with Crippen molar-refractivity contribution in [2.24, 2.45) is 0 Å². The maximum atomic E-state index is 12.0. The number of alkyl carbamates (subject to hydrolysis) is 1. The molecule has 110 valence electrons. The second-order valence-corrected chi connectivity index (χ2v) is 6.46. The van der Waals surface area contributed by atoms with Gasteiger partial charge in [-0.05, 0) is 57.9 Å². The van der Waals surface area contributed by atoms with Crippen molar-refractivity contribution in [3.05, 3.63) is 36.2 Å². The van der Waals surface area contributed by atoms with E-state index in [0.29, 0.717) is 5.65 Å². The topological polar surface area (TPSA) is 64.1 Å². The third-order valence-corrected chi connectivity index (χ3v) is 3.44. The molecule has 3 rings (SSSR count). The standard InChI is InChI=1S/C16H19N3O2/c1-15(2,3)21-14(20)19-16(8-9-16)12-7-6-11-5-4-10-17-13(11)18-12/h4-7,10H,8-9H2,1-3H3,(H,19,20). The molecule has 2 aromatic rings. The molecule has 2 aromatic heterocycles. The van der Waals surface area contributed by atoms with E-state index in [-0.39, 0.29) is 0 Å². The molecule has 0 bridgehead atoms. The van der Waals surface area contributed by atoms with Crippen molar-refractivity contribution in [3.63, 3.8) is 0 Å². The number of rotatable bonds is 2. The van der Waals surface area contributed by atoms with E-state index < -0.39 is 17.2 Å². The predicted octanol–water partition coefficient (Wildman–Crippen LogP) is 3.14. The van der Waals surface area contributed by atoms with E-state index >= 15 is 0 Å². The van der Waals surface area contributed by atoms with E-state index in [9.17, 15) is 4.79 Å². The fourth-order valence-corrected chi connectivity index (χ4v) is 2.29. The highest BCUT2D eigenvalue weighted by Gasteiger charge is 2.48. The summed E-state index contributed by atoms with van der Waals surface area (Å²) in [4.78, 5) is 20.8. The Hall–Kier alpha value is -2.17. The molecule has 0 aromatic carbocycles. The molecule has 2 heterocycles. The number of pyridine rings is 2. The lowest BCUT2D eigenvalue weighted by Crippen LogP contribution is -2.39. The van der Waals surface area contributed by atoms with Crippen LogP contribution in [0.25, 0.3) is 11.0 Å². The molecule has 0 aliphatic heterocycles. The van der Waals surface area contributed by atoms with Crippen LogP contribution in [0.4, 0.5) is 4.79 Å². The summed E-state index contributed by atoms with van der Waals surface area (Å²) in [5.41, 5.74) is 0.652. The summed E-state index contributed by atoms with van der Waals surface area (Å²) in [6.07, 6.45) is 3.07. The fourth-order valence-electron chi connectivity index (χ4n) is 2.29. The van der Waals surface area contributed by atoms with E-state index in [0.717, 1.165) is 23.9 Å². The molecule has 1 amide bonds. The zero-order chi connectivity index (χ0) is 15.1. The first-order chi connectivity index (χ1) is 9.88. The van der Waals surface area contributed by atoms with Crippen LogP contribution in [0.5, 0.6) is 0 Å². The van der Waals surface area contributed by atoms with E-state index in [1.807, 2.05) is 45.0 Å². The van der Waals surface area contributed by atoms with Gasteiger partial charge < -0.3 is 10.1 Å². The van der Waals surface area contributed by atoms with Crippen molar-refractivity contribution >= 4 is 17.1 Å². The number of carbonyl (C=O) groups excluding carboxylic acids is 1. The molecule has 1 fully saturated rings. The molecule has 0 spiro atoms. The van der Waals surface area contributed by atoms with Gasteiger partial charge in [-0.15, -0.1) is 0 Å². The first kappa shape index (κ1) is 13.8. The van der Waals surface area contributed by atoms with Gasteiger partial charge in [-0.2, -0.15) is 0 Å². The molecular weight excluding hydrogens is 266 g/mol. The highest BCUT2D eigenvalue weighted by atomic mass is 16.6. The number of nitrogens with one attached hydrogen (secondary N) is 1. The number of carbonyl (C=O) groups is 1. The number of aromatic nitrogens is 2. The molecule has 0 atom stereocenters. The number of amides is 1. The first-order valence-corrected chi connectivity index (χ1v) is 7.11. The quantitative estimate of drug-likeness (QED) is 0.920. The Kier molecular flexibility index (Phi) is 3.08. The van der Waals surface area contributed by atoms with Crippen LogP contribution in [0, 0.1) is 0 Å². The SMILES string of the molecule is CC(C)(C)OC(=O)NC1(c2ccc3cccnc3n2)CC1. The van der Waals surface area contributed by atoms with Crippen molar-refractivity contribution in [2.45, 2.75) is 44.8 Å². The van der Waals surface area contributed by atoms with Gasteiger partial charge in [0.25, 0.3) is 0 Å². The third kappa shape index (κ3) is 2.96. The molecule has 0 unspecified atom stereocenters. The molecule has 1 N–H and O–H groups in total. The van der Waals surface area contributed by atoms with Crippen molar-refractivity contribution in [3.8, 4) is 0 Å². The summed E-state index contributed by atoms with van der Waals surface area (Å²) in [6, 6.07) is 7.80. The monoisotopic (exact) mass is 285 g/mol. The minimum atomic E-state index is -0.501.